The first kappa shape index (κ1) is 14.7. The van der Waals surface area contributed by atoms with E-state index in [0.29, 0.717) is 5.75 Å². The van der Waals surface area contributed by atoms with Gasteiger partial charge in [0.2, 0.25) is 0 Å². The minimum absolute atomic E-state index is 0.00498. The van der Waals surface area contributed by atoms with Crippen LogP contribution in [0.25, 0.3) is 0 Å². The minimum Gasteiger partial charge on any atom is -0.493 e. The molecule has 0 aliphatic carbocycles. The number of ether oxygens (including phenoxy) is 1. The van der Waals surface area contributed by atoms with Crippen LogP contribution in [-0.4, -0.2) is 17.7 Å². The first-order valence-electron chi connectivity index (χ1n) is 6.67. The number of rotatable bonds is 4. The zero-order chi connectivity index (χ0) is 15.1. The van der Waals surface area contributed by atoms with Crippen molar-refractivity contribution in [2.45, 2.75) is 13.3 Å². The highest BCUT2D eigenvalue weighted by Crippen LogP contribution is 2.12. The Hall–Kier alpha value is -2.73. The summed E-state index contributed by atoms with van der Waals surface area (Å²) in [5.41, 5.74) is 3.08. The van der Waals surface area contributed by atoms with E-state index in [1.165, 1.54) is 5.56 Å². The van der Waals surface area contributed by atoms with Gasteiger partial charge in [-0.2, -0.15) is 0 Å². The van der Waals surface area contributed by atoms with Crippen LogP contribution in [-0.2, 0) is 4.79 Å². The molecule has 0 saturated heterocycles. The third kappa shape index (κ3) is 5.04. The topological polar surface area (TPSA) is 46.5 Å². The maximum atomic E-state index is 10.4. The number of carboxylic acid groups (broad SMARTS) is 1. The van der Waals surface area contributed by atoms with Crippen LogP contribution in [0, 0.1) is 18.8 Å². The van der Waals surface area contributed by atoms with Gasteiger partial charge in [-0.05, 0) is 43.3 Å². The van der Waals surface area contributed by atoms with Crippen molar-refractivity contribution in [2.24, 2.45) is 0 Å². The second kappa shape index (κ2) is 7.16. The zero-order valence-corrected chi connectivity index (χ0v) is 11.8. The highest BCUT2D eigenvalue weighted by atomic mass is 16.5. The fraction of sp³-hybridized carbons (Fsp3) is 0.167. The maximum absolute atomic E-state index is 10.4. The molecule has 21 heavy (non-hydrogen) atoms. The number of aryl methyl sites for hydroxylation is 1. The zero-order valence-electron chi connectivity index (χ0n) is 11.8. The van der Waals surface area contributed by atoms with E-state index in [1.54, 1.807) is 12.1 Å². The third-order valence-electron chi connectivity index (χ3n) is 2.84. The molecule has 2 rings (SSSR count). The molecule has 3 heteroatoms. The molecule has 0 aliphatic rings. The smallest absolute Gasteiger partial charge is 0.306 e. The summed E-state index contributed by atoms with van der Waals surface area (Å²) in [6.07, 6.45) is -0.00498. The number of hydrogen-bond donors (Lipinski definition) is 1. The highest BCUT2D eigenvalue weighted by Gasteiger charge is 1.98. The Bertz CT molecular complexity index is 658. The van der Waals surface area contributed by atoms with Crippen molar-refractivity contribution in [2.75, 3.05) is 6.61 Å². The Morgan fingerprint density at radius 2 is 1.52 bits per heavy atom. The van der Waals surface area contributed by atoms with Crippen molar-refractivity contribution < 1.29 is 14.6 Å². The van der Waals surface area contributed by atoms with E-state index in [2.05, 4.69) is 11.8 Å². The van der Waals surface area contributed by atoms with Crippen LogP contribution in [0.2, 0.25) is 0 Å². The SMILES string of the molecule is Cc1ccc(C#Cc2ccc(OCCC(=O)O)cc2)cc1. The standard InChI is InChI=1S/C18H16O3/c1-14-2-4-15(5-3-14)6-7-16-8-10-17(11-9-16)21-13-12-18(19)20/h2-5,8-11H,12-13H2,1H3,(H,19,20). The maximum Gasteiger partial charge on any atom is 0.306 e. The molecule has 0 fully saturated rings. The van der Waals surface area contributed by atoms with Crippen molar-refractivity contribution >= 4 is 5.97 Å². The minimum atomic E-state index is -0.865. The average molecular weight is 280 g/mol. The molecule has 0 amide bonds. The Labute approximate surface area is 124 Å². The third-order valence-corrected chi connectivity index (χ3v) is 2.84. The Morgan fingerprint density at radius 1 is 1.00 bits per heavy atom. The van der Waals surface area contributed by atoms with Gasteiger partial charge in [-0.25, -0.2) is 0 Å². The van der Waals surface area contributed by atoms with Crippen LogP contribution in [0.5, 0.6) is 5.75 Å². The Morgan fingerprint density at radius 3 is 2.05 bits per heavy atom. The van der Waals surface area contributed by atoms with E-state index in [1.807, 2.05) is 43.3 Å². The summed E-state index contributed by atoms with van der Waals surface area (Å²) in [6, 6.07) is 15.3. The van der Waals surface area contributed by atoms with Gasteiger partial charge >= 0.3 is 5.97 Å². The molecule has 0 radical (unpaired) electrons. The monoisotopic (exact) mass is 280 g/mol. The summed E-state index contributed by atoms with van der Waals surface area (Å²) in [7, 11) is 0. The predicted molar refractivity (Wildman–Crippen MR) is 81.3 cm³/mol. The fourth-order valence-electron chi connectivity index (χ4n) is 1.67. The van der Waals surface area contributed by atoms with Gasteiger partial charge in [0.1, 0.15) is 5.75 Å². The van der Waals surface area contributed by atoms with Crippen molar-refractivity contribution in [3.05, 3.63) is 65.2 Å². The normalized spacial score (nSPS) is 9.57. The fourth-order valence-corrected chi connectivity index (χ4v) is 1.67. The van der Waals surface area contributed by atoms with Crippen LogP contribution >= 0.6 is 0 Å². The number of aliphatic carboxylic acids is 1. The van der Waals surface area contributed by atoms with Crippen molar-refractivity contribution in [3.8, 4) is 17.6 Å². The van der Waals surface area contributed by atoms with Crippen molar-refractivity contribution in [3.63, 3.8) is 0 Å². The second-order valence-electron chi connectivity index (χ2n) is 4.63. The van der Waals surface area contributed by atoms with Crippen LogP contribution in [0.1, 0.15) is 23.1 Å². The van der Waals surface area contributed by atoms with Crippen LogP contribution in [0.4, 0.5) is 0 Å². The summed E-state index contributed by atoms with van der Waals surface area (Å²) in [5.74, 6) is 5.96. The molecule has 1 N–H and O–H groups in total. The van der Waals surface area contributed by atoms with Crippen LogP contribution in [0.15, 0.2) is 48.5 Å². The molecule has 0 aliphatic heterocycles. The lowest BCUT2D eigenvalue weighted by Gasteiger charge is -2.03. The molecule has 106 valence electrons. The van der Waals surface area contributed by atoms with Crippen molar-refractivity contribution in [1.82, 2.24) is 0 Å². The largest absolute Gasteiger partial charge is 0.493 e. The lowest BCUT2D eigenvalue weighted by Crippen LogP contribution is -2.04. The molecule has 3 nitrogen and oxygen atoms in total. The van der Waals surface area contributed by atoms with Crippen LogP contribution in [0.3, 0.4) is 0 Å². The van der Waals surface area contributed by atoms with E-state index >= 15 is 0 Å². The highest BCUT2D eigenvalue weighted by molar-refractivity contribution is 5.66. The van der Waals surface area contributed by atoms with Gasteiger partial charge in [0.15, 0.2) is 0 Å². The molecule has 0 spiro atoms. The number of carboxylic acids is 1. The predicted octanol–water partition coefficient (Wildman–Crippen LogP) is 3.25. The van der Waals surface area contributed by atoms with E-state index < -0.39 is 5.97 Å². The molecule has 0 unspecified atom stereocenters. The molecule has 2 aromatic rings. The number of benzene rings is 2. The molecule has 0 saturated carbocycles. The van der Waals surface area contributed by atoms with Gasteiger partial charge in [-0.15, -0.1) is 0 Å². The Kier molecular flexibility index (Phi) is 5.00. The quantitative estimate of drug-likeness (QED) is 0.874. The van der Waals surface area contributed by atoms with E-state index in [9.17, 15) is 4.79 Å². The van der Waals surface area contributed by atoms with Gasteiger partial charge in [0, 0.05) is 11.1 Å². The second-order valence-corrected chi connectivity index (χ2v) is 4.63. The molecular weight excluding hydrogens is 264 g/mol. The first-order chi connectivity index (χ1) is 10.1. The van der Waals surface area contributed by atoms with Gasteiger partial charge in [0.05, 0.1) is 13.0 Å². The van der Waals surface area contributed by atoms with Gasteiger partial charge in [-0.3, -0.25) is 4.79 Å². The van der Waals surface area contributed by atoms with E-state index in [0.717, 1.165) is 11.1 Å². The summed E-state index contributed by atoms with van der Waals surface area (Å²) in [6.45, 7) is 2.21. The van der Waals surface area contributed by atoms with Gasteiger partial charge in [0.25, 0.3) is 0 Å². The first-order valence-corrected chi connectivity index (χ1v) is 6.67. The summed E-state index contributed by atoms with van der Waals surface area (Å²) >= 11 is 0. The Balaban J connectivity index is 1.96. The van der Waals surface area contributed by atoms with Gasteiger partial charge in [-0.1, -0.05) is 29.5 Å². The summed E-state index contributed by atoms with van der Waals surface area (Å²) in [5, 5.41) is 8.53. The molecule has 0 bridgehead atoms. The van der Waals surface area contributed by atoms with E-state index in [-0.39, 0.29) is 13.0 Å². The summed E-state index contributed by atoms with van der Waals surface area (Å²) in [4.78, 5) is 10.4. The van der Waals surface area contributed by atoms with Crippen molar-refractivity contribution in [1.29, 1.82) is 0 Å². The molecule has 0 atom stereocenters. The molecular formula is C18H16O3. The van der Waals surface area contributed by atoms with E-state index in [4.69, 9.17) is 9.84 Å². The number of carbonyl (C=O) groups is 1. The average Bonchev–Trinajstić information content (AvgIpc) is 2.48. The summed E-state index contributed by atoms with van der Waals surface area (Å²) < 4.78 is 5.32. The lowest BCUT2D eigenvalue weighted by molar-refractivity contribution is -0.137. The number of hydrogen-bond acceptors (Lipinski definition) is 2. The van der Waals surface area contributed by atoms with Gasteiger partial charge < -0.3 is 9.84 Å². The molecule has 0 aromatic heterocycles. The molecule has 0 heterocycles. The molecule has 2 aromatic carbocycles. The lowest BCUT2D eigenvalue weighted by atomic mass is 10.1. The van der Waals surface area contributed by atoms with Crippen LogP contribution < -0.4 is 4.74 Å².